The Kier molecular flexibility index (Phi) is 14.8. The number of anilines is 5. The highest BCUT2D eigenvalue weighted by atomic mass is 32.1. The van der Waals surface area contributed by atoms with Crippen LogP contribution in [-0.2, 0) is 26.4 Å². The molecule has 0 saturated carbocycles. The molecule has 91 heavy (non-hydrogen) atoms. The number of nitrogens with zero attached hydrogens (tertiary/aromatic N) is 5. The maximum atomic E-state index is 13.2. The summed E-state index contributed by atoms with van der Waals surface area (Å²) in [6, 6.07) is 52.0. The molecule has 4 aliphatic heterocycles. The Labute approximate surface area is 535 Å². The zero-order valence-corrected chi connectivity index (χ0v) is 54.3. The third-order valence-corrected chi connectivity index (χ3v) is 21.2. The molecule has 460 valence electrons. The van der Waals surface area contributed by atoms with E-state index in [9.17, 15) is 19.2 Å². The molecule has 0 unspecified atom stereocenters. The van der Waals surface area contributed by atoms with Gasteiger partial charge in [0.15, 0.2) is 0 Å². The van der Waals surface area contributed by atoms with Crippen molar-refractivity contribution >= 4 is 110 Å². The fourth-order valence-electron chi connectivity index (χ4n) is 13.8. The predicted molar refractivity (Wildman–Crippen MR) is 370 cm³/mol. The van der Waals surface area contributed by atoms with E-state index in [0.29, 0.717) is 27.3 Å². The van der Waals surface area contributed by atoms with E-state index < -0.39 is 11.6 Å². The van der Waals surface area contributed by atoms with Gasteiger partial charge in [-0.1, -0.05) is 116 Å². The van der Waals surface area contributed by atoms with Crippen molar-refractivity contribution in [1.29, 1.82) is 0 Å². The maximum Gasteiger partial charge on any atom is 0.351 e. The zero-order chi connectivity index (χ0) is 63.3. The number of thiazole rings is 2. The molecule has 0 saturated heterocycles. The minimum Gasteiger partial charge on any atom is -0.462 e. The van der Waals surface area contributed by atoms with Gasteiger partial charge in [-0.3, -0.25) is 0 Å². The van der Waals surface area contributed by atoms with E-state index in [-0.39, 0.29) is 45.1 Å². The number of esters is 1. The molecule has 4 aliphatic rings. The number of carbonyl (C=O) groups excluding carboxylic acids is 1. The standard InChI is InChI=1S/C28H18N2O2S.C26H26N2O2S.C22H27NO4/c31-28-23(27-29-24-13-7-8-14-26(24)33-27)17-19-15-16-22(18-25(19)32-28)30(20-9-3-1-4-10-20)21-11-5-2-6-12-21;1-25(2)9-11-28-12-10-26(3,4)20-21(28)17(25)14-15-13-16(24(29)30-22(15)20)23-27-18-7-5-6-8-19(18)31-23;1-6-26-19(24)14-11-13-12-15-17-16(18(13)27-20(14)25)22(4,5)8-10-23(17)9-7-21(15,2)3/h1-18H;5-8,13-14H,9-12H2,1-4H3;11-12H,6-10H2,1-5H3. The van der Waals surface area contributed by atoms with Crippen LogP contribution < -0.4 is 31.6 Å². The van der Waals surface area contributed by atoms with Crippen LogP contribution in [0.2, 0.25) is 0 Å². The summed E-state index contributed by atoms with van der Waals surface area (Å²) in [4.78, 5) is 67.2. The first-order valence-corrected chi connectivity index (χ1v) is 33.0. The molecule has 0 aliphatic carbocycles. The Morgan fingerprint density at radius 3 is 1.43 bits per heavy atom. The van der Waals surface area contributed by atoms with Crippen LogP contribution in [0.4, 0.5) is 28.4 Å². The van der Waals surface area contributed by atoms with Crippen LogP contribution >= 0.6 is 22.7 Å². The van der Waals surface area contributed by atoms with E-state index in [1.54, 1.807) is 24.3 Å². The molecule has 0 amide bonds. The van der Waals surface area contributed by atoms with Crippen molar-refractivity contribution in [2.45, 2.75) is 110 Å². The number of fused-ring (bicyclic) bond motifs is 7. The lowest BCUT2D eigenvalue weighted by Crippen LogP contribution is -2.44. The van der Waals surface area contributed by atoms with Gasteiger partial charge in [0.05, 0.1) is 38.2 Å². The van der Waals surface area contributed by atoms with Crippen LogP contribution in [0.25, 0.3) is 74.5 Å². The van der Waals surface area contributed by atoms with Crippen LogP contribution in [0.1, 0.15) is 121 Å². The SMILES string of the molecule is CC1(C)CCN2CCC(C)(C)c3c2c1cc1cc(-c2nc4ccccc4s2)c(=O)oc31.CCOC(=O)c1cc2cc3c4c(c2oc1=O)C(C)(C)CCN4CCC3(C)C.O=c1oc2cc(N(c3ccccc3)c3ccccc3)ccc2cc1-c1nc2ccccc2s1. The molecule has 0 atom stereocenters. The van der Waals surface area contributed by atoms with Crippen LogP contribution in [0.3, 0.4) is 0 Å². The van der Waals surface area contributed by atoms with Crippen LogP contribution in [0.15, 0.2) is 185 Å². The molecular formula is C76H71N5O8S2. The molecule has 16 rings (SSSR count). The molecule has 9 heterocycles. The van der Waals surface area contributed by atoms with Gasteiger partial charge in [0.2, 0.25) is 0 Å². The second kappa shape index (κ2) is 22.6. The fourth-order valence-corrected chi connectivity index (χ4v) is 15.7. The lowest BCUT2D eigenvalue weighted by Gasteiger charge is -2.48. The third kappa shape index (κ3) is 10.7. The summed E-state index contributed by atoms with van der Waals surface area (Å²) in [6.07, 6.45) is 4.27. The molecule has 0 N–H and O–H groups in total. The quantitative estimate of drug-likeness (QED) is 0.110. The number of benzene rings is 7. The number of aromatic nitrogens is 2. The molecule has 0 spiro atoms. The molecule has 7 aromatic carbocycles. The van der Waals surface area contributed by atoms with Gasteiger partial charge in [-0.05, 0) is 156 Å². The van der Waals surface area contributed by atoms with E-state index in [1.807, 2.05) is 115 Å². The van der Waals surface area contributed by atoms with Crippen molar-refractivity contribution in [1.82, 2.24) is 9.97 Å². The van der Waals surface area contributed by atoms with Crippen molar-refractivity contribution in [2.75, 3.05) is 47.5 Å². The lowest BCUT2D eigenvalue weighted by molar-refractivity contribution is 0.0521. The number of ether oxygens (including phenoxy) is 1. The number of rotatable bonds is 7. The summed E-state index contributed by atoms with van der Waals surface area (Å²) in [6.45, 7) is 24.3. The molecule has 12 aromatic rings. The Balaban J connectivity index is 0.000000120. The van der Waals surface area contributed by atoms with Crippen molar-refractivity contribution < 1.29 is 22.8 Å². The van der Waals surface area contributed by atoms with E-state index >= 15 is 0 Å². The first kappa shape index (κ1) is 59.4. The van der Waals surface area contributed by atoms with Gasteiger partial charge in [-0.2, -0.15) is 0 Å². The highest BCUT2D eigenvalue weighted by Crippen LogP contribution is 2.54. The topological polar surface area (TPSA) is 152 Å². The van der Waals surface area contributed by atoms with Crippen molar-refractivity contribution in [3.05, 3.63) is 217 Å². The summed E-state index contributed by atoms with van der Waals surface area (Å²) in [5.41, 5.74) is 13.8. The van der Waals surface area contributed by atoms with Gasteiger partial charge in [0, 0.05) is 88.0 Å². The largest absolute Gasteiger partial charge is 0.462 e. The first-order valence-electron chi connectivity index (χ1n) is 31.4. The fraction of sp³-hybridized carbons (Fsp3) is 0.289. The van der Waals surface area contributed by atoms with E-state index in [1.165, 1.54) is 39.4 Å². The van der Waals surface area contributed by atoms with Gasteiger partial charge < -0.3 is 32.7 Å². The Morgan fingerprint density at radius 1 is 0.495 bits per heavy atom. The van der Waals surface area contributed by atoms with Gasteiger partial charge in [0.1, 0.15) is 32.3 Å². The molecule has 0 fully saturated rings. The zero-order valence-electron chi connectivity index (χ0n) is 52.7. The maximum absolute atomic E-state index is 13.2. The van der Waals surface area contributed by atoms with Crippen LogP contribution in [0.5, 0.6) is 0 Å². The first-order chi connectivity index (χ1) is 43.7. The monoisotopic (exact) mass is 1250 g/mol. The number of hydrogen-bond donors (Lipinski definition) is 0. The predicted octanol–water partition coefficient (Wildman–Crippen LogP) is 17.9. The highest BCUT2D eigenvalue weighted by molar-refractivity contribution is 7.22. The molecule has 13 nitrogen and oxygen atoms in total. The molecule has 0 radical (unpaired) electrons. The molecule has 0 bridgehead atoms. The Bertz CT molecular complexity index is 4950. The van der Waals surface area contributed by atoms with Crippen molar-refractivity contribution in [2.24, 2.45) is 0 Å². The summed E-state index contributed by atoms with van der Waals surface area (Å²) in [5, 5.41) is 4.06. The summed E-state index contributed by atoms with van der Waals surface area (Å²) < 4.78 is 24.8. The average molecular weight is 1250 g/mol. The van der Waals surface area contributed by atoms with Gasteiger partial charge in [0.25, 0.3) is 0 Å². The normalized spacial score (nSPS) is 16.4. The van der Waals surface area contributed by atoms with Gasteiger partial charge >= 0.3 is 22.8 Å². The lowest BCUT2D eigenvalue weighted by atomic mass is 9.69. The van der Waals surface area contributed by atoms with Crippen LogP contribution in [-0.4, -0.2) is 48.7 Å². The van der Waals surface area contributed by atoms with Crippen molar-refractivity contribution in [3.63, 3.8) is 0 Å². The minimum absolute atomic E-state index is 0.0302. The minimum atomic E-state index is -0.625. The molecule has 15 heteroatoms. The van der Waals surface area contributed by atoms with Gasteiger partial charge in [-0.25, -0.2) is 29.1 Å². The second-order valence-corrected chi connectivity index (χ2v) is 29.0. The highest BCUT2D eigenvalue weighted by Gasteiger charge is 2.44. The number of para-hydroxylation sites is 4. The average Bonchev–Trinajstić information content (AvgIpc) is 1.16. The van der Waals surface area contributed by atoms with E-state index in [0.717, 1.165) is 122 Å². The van der Waals surface area contributed by atoms with Gasteiger partial charge in [-0.15, -0.1) is 22.7 Å². The third-order valence-electron chi connectivity index (χ3n) is 19.0. The van der Waals surface area contributed by atoms with Crippen LogP contribution in [0, 0.1) is 0 Å². The Hall–Kier alpha value is -9.18. The van der Waals surface area contributed by atoms with E-state index in [4.69, 9.17) is 23.0 Å². The Morgan fingerprint density at radius 2 is 0.934 bits per heavy atom. The van der Waals surface area contributed by atoms with Crippen molar-refractivity contribution in [3.8, 4) is 21.1 Å². The summed E-state index contributed by atoms with van der Waals surface area (Å²) in [5.74, 6) is -0.625. The van der Waals surface area contributed by atoms with E-state index in [2.05, 4.69) is 111 Å². The second-order valence-electron chi connectivity index (χ2n) is 26.9. The number of hydrogen-bond acceptors (Lipinski definition) is 15. The summed E-state index contributed by atoms with van der Waals surface area (Å²) >= 11 is 3.04. The molecular weight excluding hydrogens is 1170 g/mol. The number of carbonyl (C=O) groups is 1. The summed E-state index contributed by atoms with van der Waals surface area (Å²) in [7, 11) is 0. The molecule has 5 aromatic heterocycles. The smallest absolute Gasteiger partial charge is 0.351 e.